The van der Waals surface area contributed by atoms with Crippen molar-refractivity contribution in [2.75, 3.05) is 6.54 Å². The first-order valence-electron chi connectivity index (χ1n) is 9.65. The summed E-state index contributed by atoms with van der Waals surface area (Å²) in [5, 5.41) is 16.3. The topological polar surface area (TPSA) is 58.3 Å². The van der Waals surface area contributed by atoms with Crippen LogP contribution in [-0.4, -0.2) is 23.8 Å². The Morgan fingerprint density at radius 3 is 2.32 bits per heavy atom. The van der Waals surface area contributed by atoms with Crippen molar-refractivity contribution in [2.45, 2.75) is 39.5 Å². The van der Waals surface area contributed by atoms with E-state index in [9.17, 15) is 5.11 Å². The lowest BCUT2D eigenvalue weighted by atomic mass is 10.0. The maximum absolute atomic E-state index is 10.5. The molecular weight excluding hydrogens is 344 g/mol. The average Bonchev–Trinajstić information content (AvgIpc) is 2.65. The van der Waals surface area contributed by atoms with Gasteiger partial charge in [-0.15, -0.1) is 0 Å². The highest BCUT2D eigenvalue weighted by atomic mass is 16.3. The largest absolute Gasteiger partial charge is 0.379 e. The predicted molar refractivity (Wildman–Crippen MR) is 117 cm³/mol. The van der Waals surface area contributed by atoms with E-state index < -0.39 is 6.10 Å². The summed E-state index contributed by atoms with van der Waals surface area (Å²) >= 11 is 0. The standard InChI is InChI=1S/C25H28N2O/c1-17-4-7-22-8-5-21(14-23(22)13-17)16-27-24(15-26)25(28)9-6-20-11-18(2)10-19(3)12-20/h4-5,7-8,10-14,24-25,27-28H,15-16,26H2,1-3H3. The van der Waals surface area contributed by atoms with Crippen molar-refractivity contribution >= 4 is 10.8 Å². The zero-order valence-electron chi connectivity index (χ0n) is 16.8. The Morgan fingerprint density at radius 2 is 1.61 bits per heavy atom. The van der Waals surface area contributed by atoms with E-state index in [0.717, 1.165) is 11.1 Å². The highest BCUT2D eigenvalue weighted by molar-refractivity contribution is 5.83. The lowest BCUT2D eigenvalue weighted by Gasteiger charge is -2.19. The zero-order chi connectivity index (χ0) is 20.1. The molecule has 0 radical (unpaired) electrons. The molecule has 2 unspecified atom stereocenters. The van der Waals surface area contributed by atoms with E-state index in [4.69, 9.17) is 5.73 Å². The average molecular weight is 373 g/mol. The summed E-state index contributed by atoms with van der Waals surface area (Å²) in [5.41, 5.74) is 11.5. The van der Waals surface area contributed by atoms with Gasteiger partial charge in [0.05, 0.1) is 6.04 Å². The van der Waals surface area contributed by atoms with Crippen LogP contribution in [0.3, 0.4) is 0 Å². The highest BCUT2D eigenvalue weighted by Gasteiger charge is 2.15. The van der Waals surface area contributed by atoms with Crippen LogP contribution in [0.2, 0.25) is 0 Å². The molecule has 3 aromatic rings. The number of aliphatic hydroxyl groups excluding tert-OH is 1. The van der Waals surface area contributed by atoms with Crippen molar-refractivity contribution in [2.24, 2.45) is 5.73 Å². The second kappa shape index (κ2) is 9.03. The van der Waals surface area contributed by atoms with E-state index >= 15 is 0 Å². The number of benzene rings is 3. The van der Waals surface area contributed by atoms with Crippen LogP contribution in [0.5, 0.6) is 0 Å². The van der Waals surface area contributed by atoms with Gasteiger partial charge in [-0.25, -0.2) is 0 Å². The first-order valence-corrected chi connectivity index (χ1v) is 9.65. The van der Waals surface area contributed by atoms with E-state index in [1.54, 1.807) is 0 Å². The molecule has 0 saturated carbocycles. The van der Waals surface area contributed by atoms with Gasteiger partial charge in [-0.05, 0) is 66.4 Å². The summed E-state index contributed by atoms with van der Waals surface area (Å²) in [5.74, 6) is 6.01. The SMILES string of the molecule is Cc1cc(C)cc(C#CC(O)C(CN)NCc2ccc3ccc(C)cc3c2)c1. The maximum Gasteiger partial charge on any atom is 0.131 e. The highest BCUT2D eigenvalue weighted by Crippen LogP contribution is 2.18. The van der Waals surface area contributed by atoms with Crippen LogP contribution in [0.1, 0.15) is 27.8 Å². The van der Waals surface area contributed by atoms with Gasteiger partial charge in [-0.2, -0.15) is 0 Å². The van der Waals surface area contributed by atoms with E-state index in [-0.39, 0.29) is 6.04 Å². The molecule has 4 N–H and O–H groups in total. The molecule has 0 saturated heterocycles. The van der Waals surface area contributed by atoms with E-state index in [1.165, 1.54) is 27.5 Å². The van der Waals surface area contributed by atoms with Crippen LogP contribution in [0.15, 0.2) is 54.6 Å². The molecule has 2 atom stereocenters. The van der Waals surface area contributed by atoms with Crippen LogP contribution in [-0.2, 0) is 6.54 Å². The fraction of sp³-hybridized carbons (Fsp3) is 0.280. The number of fused-ring (bicyclic) bond motifs is 1. The molecule has 0 aromatic heterocycles. The van der Waals surface area contributed by atoms with Gasteiger partial charge >= 0.3 is 0 Å². The molecule has 28 heavy (non-hydrogen) atoms. The predicted octanol–water partition coefficient (Wildman–Crippen LogP) is 3.59. The molecule has 3 nitrogen and oxygen atoms in total. The third kappa shape index (κ3) is 5.21. The molecule has 0 heterocycles. The van der Waals surface area contributed by atoms with E-state index in [1.807, 2.05) is 26.0 Å². The molecule has 0 fully saturated rings. The molecular formula is C25H28N2O. The van der Waals surface area contributed by atoms with E-state index in [2.05, 4.69) is 66.5 Å². The summed E-state index contributed by atoms with van der Waals surface area (Å²) in [6.45, 7) is 7.14. The van der Waals surface area contributed by atoms with Gasteiger partial charge < -0.3 is 16.2 Å². The van der Waals surface area contributed by atoms with Gasteiger partial charge in [0.15, 0.2) is 0 Å². The number of hydrogen-bond acceptors (Lipinski definition) is 3. The van der Waals surface area contributed by atoms with Gasteiger partial charge in [0, 0.05) is 18.7 Å². The van der Waals surface area contributed by atoms with Crippen molar-refractivity contribution in [1.29, 1.82) is 0 Å². The second-order valence-corrected chi connectivity index (χ2v) is 7.50. The Kier molecular flexibility index (Phi) is 6.49. The molecule has 0 spiro atoms. The van der Waals surface area contributed by atoms with Crippen molar-refractivity contribution in [1.82, 2.24) is 5.32 Å². The summed E-state index contributed by atoms with van der Waals surface area (Å²) in [6, 6.07) is 18.7. The Hall–Kier alpha value is -2.64. The fourth-order valence-electron chi connectivity index (χ4n) is 3.40. The van der Waals surface area contributed by atoms with Gasteiger partial charge in [0.25, 0.3) is 0 Å². The van der Waals surface area contributed by atoms with Gasteiger partial charge in [0.2, 0.25) is 0 Å². The number of nitrogens with two attached hydrogens (primary N) is 1. The lowest BCUT2D eigenvalue weighted by Crippen LogP contribution is -2.44. The number of nitrogens with one attached hydrogen (secondary N) is 1. The quantitative estimate of drug-likeness (QED) is 0.600. The lowest BCUT2D eigenvalue weighted by molar-refractivity contribution is 0.182. The van der Waals surface area contributed by atoms with Gasteiger partial charge in [-0.1, -0.05) is 53.8 Å². The number of aryl methyl sites for hydroxylation is 3. The number of hydrogen-bond donors (Lipinski definition) is 3. The normalized spacial score (nSPS) is 13.0. The van der Waals surface area contributed by atoms with Gasteiger partial charge in [-0.3, -0.25) is 0 Å². The molecule has 3 rings (SSSR count). The summed E-state index contributed by atoms with van der Waals surface area (Å²) in [7, 11) is 0. The number of aliphatic hydroxyl groups is 1. The monoisotopic (exact) mass is 372 g/mol. The molecule has 0 amide bonds. The zero-order valence-corrected chi connectivity index (χ0v) is 16.8. The van der Waals surface area contributed by atoms with Crippen molar-refractivity contribution in [3.8, 4) is 11.8 Å². The number of rotatable bonds is 5. The minimum atomic E-state index is -0.825. The Bertz CT molecular complexity index is 1010. The fourth-order valence-corrected chi connectivity index (χ4v) is 3.40. The summed E-state index contributed by atoms with van der Waals surface area (Å²) < 4.78 is 0. The summed E-state index contributed by atoms with van der Waals surface area (Å²) in [4.78, 5) is 0. The van der Waals surface area contributed by atoms with Crippen molar-refractivity contribution < 1.29 is 5.11 Å². The molecule has 0 bridgehead atoms. The van der Waals surface area contributed by atoms with Crippen LogP contribution >= 0.6 is 0 Å². The minimum Gasteiger partial charge on any atom is -0.379 e. The Labute approximate surface area is 167 Å². The molecule has 0 aliphatic heterocycles. The first kappa shape index (κ1) is 20.1. The van der Waals surface area contributed by atoms with Crippen LogP contribution in [0, 0.1) is 32.6 Å². The molecule has 3 aromatic carbocycles. The van der Waals surface area contributed by atoms with Crippen LogP contribution in [0.25, 0.3) is 10.8 Å². The third-order valence-corrected chi connectivity index (χ3v) is 4.85. The van der Waals surface area contributed by atoms with Crippen LogP contribution in [0.4, 0.5) is 0 Å². The maximum atomic E-state index is 10.5. The molecule has 0 aliphatic carbocycles. The Balaban J connectivity index is 1.67. The Morgan fingerprint density at radius 1 is 0.893 bits per heavy atom. The van der Waals surface area contributed by atoms with Crippen LogP contribution < -0.4 is 11.1 Å². The molecule has 0 aliphatic rings. The summed E-state index contributed by atoms with van der Waals surface area (Å²) in [6.07, 6.45) is -0.825. The molecule has 3 heteroatoms. The molecule has 144 valence electrons. The smallest absolute Gasteiger partial charge is 0.131 e. The van der Waals surface area contributed by atoms with E-state index in [0.29, 0.717) is 13.1 Å². The van der Waals surface area contributed by atoms with Crippen molar-refractivity contribution in [3.05, 3.63) is 82.4 Å². The first-order chi connectivity index (χ1) is 13.4. The van der Waals surface area contributed by atoms with Gasteiger partial charge in [0.1, 0.15) is 6.10 Å². The van der Waals surface area contributed by atoms with Crippen molar-refractivity contribution in [3.63, 3.8) is 0 Å². The minimum absolute atomic E-state index is 0.286. The third-order valence-electron chi connectivity index (χ3n) is 4.85. The second-order valence-electron chi connectivity index (χ2n) is 7.50.